The molecule has 1 aromatic rings. The second kappa shape index (κ2) is 6.47. The van der Waals surface area contributed by atoms with Gasteiger partial charge in [-0.15, -0.1) is 0 Å². The lowest BCUT2D eigenvalue weighted by atomic mass is 10.1. The van der Waals surface area contributed by atoms with Gasteiger partial charge in [-0.25, -0.2) is 9.78 Å². The number of hydrogen-bond donors (Lipinski definition) is 1. The molecule has 0 unspecified atom stereocenters. The molecule has 0 aliphatic rings. The molecule has 0 aromatic carbocycles. The normalized spacial score (nSPS) is 13.9. The van der Waals surface area contributed by atoms with Crippen LogP contribution in [0, 0.1) is 0 Å². The van der Waals surface area contributed by atoms with Crippen molar-refractivity contribution in [2.24, 2.45) is 0 Å². The minimum absolute atomic E-state index is 0.210. The molecular weight excluding hydrogens is 270 g/mol. The maximum atomic E-state index is 11.9. The maximum absolute atomic E-state index is 11.9. The average Bonchev–Trinajstić information content (AvgIpc) is 2.75. The number of hydrogen-bond acceptors (Lipinski definition) is 4. The van der Waals surface area contributed by atoms with Crippen molar-refractivity contribution in [3.8, 4) is 0 Å². The largest absolute Gasteiger partial charge is 0.444 e. The number of methoxy groups -OCH3 is 1. The Labute approximate surface area is 126 Å². The first-order valence-corrected chi connectivity index (χ1v) is 7.08. The van der Waals surface area contributed by atoms with Gasteiger partial charge in [0.2, 0.25) is 0 Å². The second-order valence-corrected chi connectivity index (χ2v) is 6.80. The molecule has 1 rings (SSSR count). The summed E-state index contributed by atoms with van der Waals surface area (Å²) in [6.07, 6.45) is 3.06. The summed E-state index contributed by atoms with van der Waals surface area (Å²) < 4.78 is 12.5. The van der Waals surface area contributed by atoms with E-state index in [1.807, 2.05) is 32.3 Å². The molecule has 1 heterocycles. The molecule has 21 heavy (non-hydrogen) atoms. The summed E-state index contributed by atoms with van der Waals surface area (Å²) in [5.74, 6) is 0. The summed E-state index contributed by atoms with van der Waals surface area (Å²) in [6.45, 7) is 12.1. The van der Waals surface area contributed by atoms with Gasteiger partial charge in [0.05, 0.1) is 36.4 Å². The number of rotatable bonds is 5. The summed E-state index contributed by atoms with van der Waals surface area (Å²) in [7, 11) is 1.67. The maximum Gasteiger partial charge on any atom is 0.408 e. The van der Waals surface area contributed by atoms with E-state index >= 15 is 0 Å². The second-order valence-electron chi connectivity index (χ2n) is 6.80. The zero-order valence-corrected chi connectivity index (χ0v) is 14.1. The Hall–Kier alpha value is -1.56. The van der Waals surface area contributed by atoms with Gasteiger partial charge in [0.1, 0.15) is 5.60 Å². The molecule has 0 aliphatic carbocycles. The number of imidazole rings is 1. The lowest BCUT2D eigenvalue weighted by molar-refractivity contribution is 0.0502. The van der Waals surface area contributed by atoms with Gasteiger partial charge < -0.3 is 19.4 Å². The van der Waals surface area contributed by atoms with Gasteiger partial charge in [-0.2, -0.15) is 0 Å². The fourth-order valence-electron chi connectivity index (χ4n) is 2.11. The summed E-state index contributed by atoms with van der Waals surface area (Å²) in [5, 5.41) is 2.83. The molecule has 0 bridgehead atoms. The van der Waals surface area contributed by atoms with Crippen molar-refractivity contribution in [1.29, 1.82) is 0 Å². The van der Waals surface area contributed by atoms with Crippen LogP contribution in [0.1, 0.15) is 53.3 Å². The van der Waals surface area contributed by atoms with Gasteiger partial charge in [-0.3, -0.25) is 0 Å². The number of carbonyl (C=O) groups is 1. The quantitative estimate of drug-likeness (QED) is 0.907. The Bertz CT molecular complexity index is 475. The highest BCUT2D eigenvalue weighted by Crippen LogP contribution is 2.22. The molecule has 1 N–H and O–H groups in total. The van der Waals surface area contributed by atoms with Crippen LogP contribution < -0.4 is 5.32 Å². The third-order valence-corrected chi connectivity index (χ3v) is 2.99. The van der Waals surface area contributed by atoms with E-state index < -0.39 is 11.7 Å². The van der Waals surface area contributed by atoms with E-state index in [1.165, 1.54) is 0 Å². The van der Waals surface area contributed by atoms with Crippen LogP contribution in [0.3, 0.4) is 0 Å². The molecule has 1 atom stereocenters. The number of alkyl carbamates (subject to hydrolysis) is 1. The molecule has 0 aliphatic heterocycles. The molecule has 1 amide bonds. The molecule has 0 saturated carbocycles. The first-order chi connectivity index (χ1) is 9.57. The lowest BCUT2D eigenvalue weighted by Gasteiger charge is -2.30. The van der Waals surface area contributed by atoms with Crippen LogP contribution in [0.15, 0.2) is 12.5 Å². The highest BCUT2D eigenvalue weighted by Gasteiger charge is 2.26. The van der Waals surface area contributed by atoms with Gasteiger partial charge in [0.25, 0.3) is 0 Å². The third kappa shape index (κ3) is 5.04. The van der Waals surface area contributed by atoms with Crippen molar-refractivity contribution in [2.45, 2.75) is 58.7 Å². The molecule has 1 aromatic heterocycles. The fourth-order valence-corrected chi connectivity index (χ4v) is 2.11. The van der Waals surface area contributed by atoms with E-state index in [1.54, 1.807) is 19.6 Å². The first-order valence-electron chi connectivity index (χ1n) is 7.08. The molecule has 0 fully saturated rings. The number of carbonyl (C=O) groups excluding carboxylic acids is 1. The Morgan fingerprint density at radius 3 is 2.52 bits per heavy atom. The summed E-state index contributed by atoms with van der Waals surface area (Å²) >= 11 is 0. The average molecular weight is 297 g/mol. The summed E-state index contributed by atoms with van der Waals surface area (Å²) in [5.41, 5.74) is 0.145. The fraction of sp³-hybridized carbons (Fsp3) is 0.733. The van der Waals surface area contributed by atoms with Crippen molar-refractivity contribution >= 4 is 6.09 Å². The van der Waals surface area contributed by atoms with Crippen molar-refractivity contribution in [3.05, 3.63) is 18.2 Å². The van der Waals surface area contributed by atoms with Crippen LogP contribution in [0.2, 0.25) is 0 Å². The van der Waals surface area contributed by atoms with Crippen LogP contribution in [-0.2, 0) is 15.0 Å². The van der Waals surface area contributed by atoms with Gasteiger partial charge in [0, 0.05) is 7.11 Å². The standard InChI is InChI=1S/C15H27N3O3/c1-11(17-13(19)21-14(2,3)4)12-8-16-10-18(12)15(5,6)9-20-7/h8,10-11H,9H2,1-7H3,(H,17,19)/t11-/m0/s1. The molecule has 6 nitrogen and oxygen atoms in total. The van der Waals surface area contributed by atoms with Crippen molar-refractivity contribution in [1.82, 2.24) is 14.9 Å². The van der Waals surface area contributed by atoms with Crippen LogP contribution in [0.25, 0.3) is 0 Å². The van der Waals surface area contributed by atoms with Crippen molar-refractivity contribution in [3.63, 3.8) is 0 Å². The van der Waals surface area contributed by atoms with E-state index in [9.17, 15) is 4.79 Å². The molecule has 0 radical (unpaired) electrons. The minimum Gasteiger partial charge on any atom is -0.444 e. The lowest BCUT2D eigenvalue weighted by Crippen LogP contribution is -2.37. The van der Waals surface area contributed by atoms with Crippen LogP contribution in [-0.4, -0.2) is 35.0 Å². The molecule has 0 saturated heterocycles. The number of ether oxygens (including phenoxy) is 2. The number of nitrogens with zero attached hydrogens (tertiary/aromatic N) is 2. The summed E-state index contributed by atoms with van der Waals surface area (Å²) in [4.78, 5) is 16.1. The predicted octanol–water partition coefficient (Wildman–Crippen LogP) is 2.85. The monoisotopic (exact) mass is 297 g/mol. The molecular formula is C15H27N3O3. The van der Waals surface area contributed by atoms with Gasteiger partial charge in [-0.05, 0) is 41.5 Å². The van der Waals surface area contributed by atoms with E-state index in [4.69, 9.17) is 9.47 Å². The molecule has 0 spiro atoms. The van der Waals surface area contributed by atoms with Crippen molar-refractivity contribution < 1.29 is 14.3 Å². The van der Waals surface area contributed by atoms with E-state index in [0.29, 0.717) is 6.61 Å². The van der Waals surface area contributed by atoms with E-state index in [0.717, 1.165) is 5.69 Å². The zero-order valence-electron chi connectivity index (χ0n) is 14.1. The van der Waals surface area contributed by atoms with Crippen LogP contribution in [0.5, 0.6) is 0 Å². The smallest absolute Gasteiger partial charge is 0.408 e. The minimum atomic E-state index is -0.515. The Kier molecular flexibility index (Phi) is 5.39. The van der Waals surface area contributed by atoms with Crippen molar-refractivity contribution in [2.75, 3.05) is 13.7 Å². The zero-order chi connectivity index (χ0) is 16.3. The predicted molar refractivity (Wildman–Crippen MR) is 81.2 cm³/mol. The number of nitrogens with one attached hydrogen (secondary N) is 1. The third-order valence-electron chi connectivity index (χ3n) is 2.99. The summed E-state index contributed by atoms with van der Waals surface area (Å²) in [6, 6.07) is -0.210. The number of amides is 1. The highest BCUT2D eigenvalue weighted by molar-refractivity contribution is 5.68. The Balaban J connectivity index is 2.83. The van der Waals surface area contributed by atoms with Crippen LogP contribution >= 0.6 is 0 Å². The number of aromatic nitrogens is 2. The molecule has 6 heteroatoms. The van der Waals surface area contributed by atoms with Gasteiger partial charge in [0.15, 0.2) is 0 Å². The van der Waals surface area contributed by atoms with Crippen LogP contribution in [0.4, 0.5) is 4.79 Å². The first kappa shape index (κ1) is 17.5. The van der Waals surface area contributed by atoms with E-state index in [2.05, 4.69) is 24.1 Å². The highest BCUT2D eigenvalue weighted by atomic mass is 16.6. The van der Waals surface area contributed by atoms with Gasteiger partial charge >= 0.3 is 6.09 Å². The van der Waals surface area contributed by atoms with E-state index in [-0.39, 0.29) is 11.6 Å². The Morgan fingerprint density at radius 1 is 1.38 bits per heavy atom. The Morgan fingerprint density at radius 2 is 2.00 bits per heavy atom. The topological polar surface area (TPSA) is 65.4 Å². The SMILES string of the molecule is COCC(C)(C)n1cncc1[C@H](C)NC(=O)OC(C)(C)C. The molecule has 120 valence electrons. The van der Waals surface area contributed by atoms with Gasteiger partial charge in [-0.1, -0.05) is 0 Å².